The number of hydroxylamine groups is 2. The first-order chi connectivity index (χ1) is 19.0. The van der Waals surface area contributed by atoms with Gasteiger partial charge in [-0.15, -0.1) is 0 Å². The summed E-state index contributed by atoms with van der Waals surface area (Å²) >= 11 is 0. The average molecular weight is 563 g/mol. The molecule has 5 rings (SSSR count). The van der Waals surface area contributed by atoms with Crippen molar-refractivity contribution in [3.8, 4) is 0 Å². The molecule has 6 unspecified atom stereocenters. The third kappa shape index (κ3) is 4.84. The number of cyclic esters (lactones) is 1. The molecule has 11 heteroatoms. The molecule has 0 radical (unpaired) electrons. The van der Waals surface area contributed by atoms with E-state index >= 15 is 4.39 Å². The standard InChI is InChI=1S/C29H41FN3O7/c1-17(2)22-7-5-18(3)26(25-14-31-27(36)39-25)29(22,33(37)19(4)35)20-6-8-24(23(30)13-20)32-11-9-28(10-12-32)38-16-21(15-34)40-28/h6,8,13,17-18,21-22,25-26,34H,5,7,9-12,14-16H2,1-4H3,(H,31,36)/q-1. The smallest absolute Gasteiger partial charge is 0.407 e. The third-order valence-electron chi connectivity index (χ3n) is 9.55. The van der Waals surface area contributed by atoms with Crippen LogP contribution in [0.2, 0.25) is 0 Å². The monoisotopic (exact) mass is 562 g/mol. The predicted octanol–water partition coefficient (Wildman–Crippen LogP) is 3.50. The van der Waals surface area contributed by atoms with Crippen molar-refractivity contribution in [2.75, 3.05) is 37.7 Å². The lowest BCUT2D eigenvalue weighted by molar-refractivity contribution is -0.183. The summed E-state index contributed by atoms with van der Waals surface area (Å²) in [6.07, 6.45) is 1.01. The third-order valence-corrected chi connectivity index (χ3v) is 9.55. The summed E-state index contributed by atoms with van der Waals surface area (Å²) in [5.74, 6) is -2.74. The van der Waals surface area contributed by atoms with Crippen molar-refractivity contribution in [1.82, 2.24) is 10.4 Å². The Kier molecular flexibility index (Phi) is 8.04. The fourth-order valence-electron chi connectivity index (χ4n) is 7.76. The van der Waals surface area contributed by atoms with Crippen molar-refractivity contribution >= 4 is 17.7 Å². The number of piperidine rings is 1. The zero-order valence-corrected chi connectivity index (χ0v) is 23.7. The lowest BCUT2D eigenvalue weighted by atomic mass is 9.54. The number of nitrogens with one attached hydrogen (secondary N) is 1. The second-order valence-electron chi connectivity index (χ2n) is 12.2. The largest absolute Gasteiger partial charge is 0.756 e. The fraction of sp³-hybridized carbons (Fsp3) is 0.724. The summed E-state index contributed by atoms with van der Waals surface area (Å²) in [5, 5.41) is 26.7. The Bertz CT molecular complexity index is 1110. The molecule has 4 fully saturated rings. The van der Waals surface area contributed by atoms with Crippen molar-refractivity contribution in [2.24, 2.45) is 23.7 Å². The molecule has 0 bridgehead atoms. The number of carbonyl (C=O) groups excluding carboxylic acids is 2. The van der Waals surface area contributed by atoms with Gasteiger partial charge in [0.2, 0.25) is 5.91 Å². The van der Waals surface area contributed by atoms with E-state index in [2.05, 4.69) is 5.32 Å². The van der Waals surface area contributed by atoms with Crippen molar-refractivity contribution in [3.63, 3.8) is 0 Å². The van der Waals surface area contributed by atoms with Gasteiger partial charge in [-0.1, -0.05) is 26.8 Å². The summed E-state index contributed by atoms with van der Waals surface area (Å²) in [5.41, 5.74) is -0.579. The number of benzene rings is 1. The first-order valence-corrected chi connectivity index (χ1v) is 14.4. The van der Waals surface area contributed by atoms with Crippen LogP contribution in [-0.4, -0.2) is 73.0 Å². The van der Waals surface area contributed by atoms with Gasteiger partial charge in [-0.25, -0.2) is 9.18 Å². The molecule has 6 atom stereocenters. The van der Waals surface area contributed by atoms with Crippen LogP contribution in [-0.2, 0) is 24.5 Å². The van der Waals surface area contributed by atoms with Gasteiger partial charge in [0.05, 0.1) is 31.0 Å². The maximum Gasteiger partial charge on any atom is 0.407 e. The van der Waals surface area contributed by atoms with E-state index in [4.69, 9.17) is 14.2 Å². The summed E-state index contributed by atoms with van der Waals surface area (Å²) in [6.45, 7) is 8.74. The SMILES string of the molecule is CC(=O)N([O-])C1(c2ccc(N3CCC4(CC3)OCC(CO)O4)c(F)c2)C(C(C)C)CCC(C)C1C1CNC(=O)O1. The molecule has 0 aromatic heterocycles. The van der Waals surface area contributed by atoms with Crippen molar-refractivity contribution in [2.45, 2.75) is 76.9 Å². The van der Waals surface area contributed by atoms with E-state index in [-0.39, 0.29) is 37.0 Å². The number of hydrogen-bond donors (Lipinski definition) is 2. The molecule has 10 nitrogen and oxygen atoms in total. The van der Waals surface area contributed by atoms with Gasteiger partial charge in [0, 0.05) is 38.8 Å². The van der Waals surface area contributed by atoms with E-state index in [1.54, 1.807) is 12.1 Å². The molecule has 1 spiro atoms. The molecule has 1 aromatic rings. The second kappa shape index (κ2) is 11.1. The Morgan fingerprint density at radius 1 is 1.30 bits per heavy atom. The Hall–Kier alpha value is -2.47. The summed E-state index contributed by atoms with van der Waals surface area (Å²) < 4.78 is 33.5. The van der Waals surface area contributed by atoms with Gasteiger partial charge in [-0.3, -0.25) is 4.79 Å². The number of anilines is 1. The molecule has 3 saturated heterocycles. The Morgan fingerprint density at radius 3 is 2.58 bits per heavy atom. The molecule has 1 saturated carbocycles. The molecular weight excluding hydrogens is 521 g/mol. The zero-order valence-electron chi connectivity index (χ0n) is 23.7. The Labute approximate surface area is 234 Å². The van der Waals surface area contributed by atoms with E-state index in [9.17, 15) is 19.9 Å². The molecule has 2 amide bonds. The van der Waals surface area contributed by atoms with Crippen LogP contribution in [0.5, 0.6) is 0 Å². The van der Waals surface area contributed by atoms with Crippen LogP contribution in [0, 0.1) is 34.7 Å². The Morgan fingerprint density at radius 2 is 2.02 bits per heavy atom. The number of amides is 2. The number of alkyl carbamates (subject to hydrolysis) is 1. The number of hydrogen-bond acceptors (Lipinski definition) is 8. The quantitative estimate of drug-likeness (QED) is 0.505. The van der Waals surface area contributed by atoms with Gasteiger partial charge >= 0.3 is 6.09 Å². The van der Waals surface area contributed by atoms with E-state index in [1.807, 2.05) is 25.7 Å². The minimum Gasteiger partial charge on any atom is -0.756 e. The number of aliphatic hydroxyl groups excluding tert-OH is 1. The predicted molar refractivity (Wildman–Crippen MR) is 145 cm³/mol. The van der Waals surface area contributed by atoms with E-state index in [1.165, 1.54) is 13.0 Å². The minimum absolute atomic E-state index is 0.00560. The van der Waals surface area contributed by atoms with Crippen molar-refractivity contribution in [3.05, 3.63) is 34.8 Å². The first kappa shape index (κ1) is 29.0. The van der Waals surface area contributed by atoms with E-state index < -0.39 is 41.2 Å². The van der Waals surface area contributed by atoms with Crippen LogP contribution in [0.15, 0.2) is 18.2 Å². The van der Waals surface area contributed by atoms with Crippen LogP contribution in [0.4, 0.5) is 14.9 Å². The number of carbonyl (C=O) groups is 2. The second-order valence-corrected chi connectivity index (χ2v) is 12.2. The van der Waals surface area contributed by atoms with Gasteiger partial charge in [0.15, 0.2) is 5.79 Å². The highest BCUT2D eigenvalue weighted by atomic mass is 19.1. The molecule has 222 valence electrons. The molecule has 4 aliphatic rings. The van der Waals surface area contributed by atoms with Gasteiger partial charge in [0.1, 0.15) is 18.0 Å². The topological polar surface area (TPSA) is 124 Å². The number of rotatable bonds is 6. The van der Waals surface area contributed by atoms with Crippen LogP contribution < -0.4 is 10.2 Å². The molecular formula is C29H41FN3O7-. The van der Waals surface area contributed by atoms with Crippen molar-refractivity contribution in [1.29, 1.82) is 0 Å². The molecule has 40 heavy (non-hydrogen) atoms. The van der Waals surface area contributed by atoms with Crippen molar-refractivity contribution < 1.29 is 33.3 Å². The number of aliphatic hydroxyl groups is 1. The summed E-state index contributed by atoms with van der Waals surface area (Å²) in [7, 11) is 0. The fourth-order valence-corrected chi connectivity index (χ4v) is 7.76. The van der Waals surface area contributed by atoms with Gasteiger partial charge in [0.25, 0.3) is 0 Å². The number of ether oxygens (including phenoxy) is 3. The molecule has 2 N–H and O–H groups in total. The maximum atomic E-state index is 16.1. The number of nitrogens with zero attached hydrogens (tertiary/aromatic N) is 2. The number of halogens is 1. The van der Waals surface area contributed by atoms with Crippen LogP contribution in [0.1, 0.15) is 58.9 Å². The summed E-state index contributed by atoms with van der Waals surface area (Å²) in [6, 6.07) is 4.87. The lowest BCUT2D eigenvalue weighted by Gasteiger charge is -2.62. The molecule has 3 heterocycles. The van der Waals surface area contributed by atoms with Gasteiger partial charge in [-0.2, -0.15) is 0 Å². The summed E-state index contributed by atoms with van der Waals surface area (Å²) in [4.78, 5) is 26.9. The highest BCUT2D eigenvalue weighted by Gasteiger charge is 2.58. The van der Waals surface area contributed by atoms with Crippen LogP contribution >= 0.6 is 0 Å². The molecule has 1 aromatic carbocycles. The highest BCUT2D eigenvalue weighted by Crippen LogP contribution is 2.56. The lowest BCUT2D eigenvalue weighted by Crippen LogP contribution is -2.63. The molecule has 3 aliphatic heterocycles. The zero-order chi connectivity index (χ0) is 28.8. The Balaban J connectivity index is 1.52. The minimum atomic E-state index is -1.41. The van der Waals surface area contributed by atoms with E-state index in [0.29, 0.717) is 55.3 Å². The van der Waals surface area contributed by atoms with Crippen LogP contribution in [0.3, 0.4) is 0 Å². The molecule has 1 aliphatic carbocycles. The van der Waals surface area contributed by atoms with Crippen LogP contribution in [0.25, 0.3) is 0 Å². The van der Waals surface area contributed by atoms with Gasteiger partial charge in [-0.05, 0) is 48.3 Å². The maximum absolute atomic E-state index is 16.1. The van der Waals surface area contributed by atoms with Gasteiger partial charge < -0.3 is 39.8 Å². The first-order valence-electron chi connectivity index (χ1n) is 14.4. The average Bonchev–Trinajstić information content (AvgIpc) is 3.54. The van der Waals surface area contributed by atoms with E-state index in [0.717, 1.165) is 6.42 Å². The highest BCUT2D eigenvalue weighted by molar-refractivity contribution is 5.75. The normalized spacial score (nSPS) is 33.8.